The molecule has 6 nitrogen and oxygen atoms in total. The second kappa shape index (κ2) is 5.73. The Morgan fingerprint density at radius 2 is 2.15 bits per heavy atom. The van der Waals surface area contributed by atoms with Gasteiger partial charge in [-0.1, -0.05) is 6.07 Å². The lowest BCUT2D eigenvalue weighted by atomic mass is 10.1. The summed E-state index contributed by atoms with van der Waals surface area (Å²) in [4.78, 5) is 36.0. The van der Waals surface area contributed by atoms with Gasteiger partial charge in [0.1, 0.15) is 0 Å². The van der Waals surface area contributed by atoms with Gasteiger partial charge in [0.15, 0.2) is 0 Å². The molecule has 1 heterocycles. The molecule has 1 aromatic rings. The second-order valence-corrected chi connectivity index (χ2v) is 4.59. The van der Waals surface area contributed by atoms with Crippen LogP contribution in [0.25, 0.3) is 0 Å². The Bertz CT molecular complexity index is 568. The Labute approximate surface area is 116 Å². The molecule has 0 saturated heterocycles. The van der Waals surface area contributed by atoms with E-state index in [4.69, 9.17) is 5.11 Å². The Morgan fingerprint density at radius 3 is 2.80 bits per heavy atom. The van der Waals surface area contributed by atoms with Crippen LogP contribution in [0.2, 0.25) is 0 Å². The van der Waals surface area contributed by atoms with Gasteiger partial charge in [-0.05, 0) is 24.6 Å². The number of nitrogens with zero attached hydrogens (tertiary/aromatic N) is 1. The first-order valence-corrected chi connectivity index (χ1v) is 6.45. The number of carbonyl (C=O) groups excluding carboxylic acids is 2. The van der Waals surface area contributed by atoms with Crippen molar-refractivity contribution in [2.24, 2.45) is 0 Å². The predicted molar refractivity (Wildman–Crippen MR) is 71.4 cm³/mol. The zero-order valence-corrected chi connectivity index (χ0v) is 11.2. The molecular formula is C14H16N2O4. The molecule has 2 N–H and O–H groups in total. The standard InChI is InChI=1S/C14H16N2O4/c1-2-16-8-10-4-3-9(7-11(10)14(16)20)13(19)15-6-5-12(17)18/h3-4,7H,2,5-6,8H2,1H3,(H,15,19)(H,17,18). The van der Waals surface area contributed by atoms with E-state index in [1.54, 1.807) is 23.1 Å². The van der Waals surface area contributed by atoms with Crippen molar-refractivity contribution in [3.05, 3.63) is 34.9 Å². The molecule has 0 unspecified atom stereocenters. The summed E-state index contributed by atoms with van der Waals surface area (Å²) in [6.07, 6.45) is -0.126. The summed E-state index contributed by atoms with van der Waals surface area (Å²) in [6, 6.07) is 5.00. The second-order valence-electron chi connectivity index (χ2n) is 4.59. The zero-order chi connectivity index (χ0) is 14.7. The minimum absolute atomic E-state index is 0.0670. The molecule has 0 fully saturated rings. The smallest absolute Gasteiger partial charge is 0.305 e. The molecule has 0 atom stereocenters. The van der Waals surface area contributed by atoms with E-state index in [1.165, 1.54) is 0 Å². The van der Waals surface area contributed by atoms with Crippen LogP contribution in [0.1, 0.15) is 39.6 Å². The van der Waals surface area contributed by atoms with Crippen LogP contribution in [0, 0.1) is 0 Å². The summed E-state index contributed by atoms with van der Waals surface area (Å²) in [5, 5.41) is 11.0. The quantitative estimate of drug-likeness (QED) is 0.835. The van der Waals surface area contributed by atoms with Gasteiger partial charge < -0.3 is 15.3 Å². The molecule has 0 radical (unpaired) electrons. The fourth-order valence-electron chi connectivity index (χ4n) is 2.14. The SMILES string of the molecule is CCN1Cc2ccc(C(=O)NCCC(=O)O)cc2C1=O. The van der Waals surface area contributed by atoms with E-state index in [9.17, 15) is 14.4 Å². The number of hydrogen-bond acceptors (Lipinski definition) is 3. The van der Waals surface area contributed by atoms with Crippen molar-refractivity contribution in [1.82, 2.24) is 10.2 Å². The Morgan fingerprint density at radius 1 is 1.40 bits per heavy atom. The zero-order valence-electron chi connectivity index (χ0n) is 11.2. The van der Waals surface area contributed by atoms with E-state index in [1.807, 2.05) is 6.92 Å². The van der Waals surface area contributed by atoms with Crippen LogP contribution in [0.15, 0.2) is 18.2 Å². The fraction of sp³-hybridized carbons (Fsp3) is 0.357. The summed E-state index contributed by atoms with van der Waals surface area (Å²) in [6.45, 7) is 3.18. The molecule has 2 amide bonds. The highest BCUT2D eigenvalue weighted by Gasteiger charge is 2.26. The van der Waals surface area contributed by atoms with Gasteiger partial charge in [0.2, 0.25) is 0 Å². The molecule has 0 aliphatic carbocycles. The summed E-state index contributed by atoms with van der Waals surface area (Å²) in [7, 11) is 0. The molecule has 0 saturated carbocycles. The normalized spacial score (nSPS) is 13.2. The molecule has 106 valence electrons. The number of aliphatic carboxylic acids is 1. The largest absolute Gasteiger partial charge is 0.481 e. The molecule has 6 heteroatoms. The molecule has 20 heavy (non-hydrogen) atoms. The molecule has 0 spiro atoms. The lowest BCUT2D eigenvalue weighted by Crippen LogP contribution is -2.26. The van der Waals surface area contributed by atoms with Crippen LogP contribution in [-0.4, -0.2) is 40.9 Å². The van der Waals surface area contributed by atoms with Crippen molar-refractivity contribution in [2.75, 3.05) is 13.1 Å². The van der Waals surface area contributed by atoms with Gasteiger partial charge in [-0.2, -0.15) is 0 Å². The van der Waals surface area contributed by atoms with E-state index >= 15 is 0 Å². The van der Waals surface area contributed by atoms with Crippen LogP contribution >= 0.6 is 0 Å². The molecule has 1 aromatic carbocycles. The maximum atomic E-state index is 12.0. The van der Waals surface area contributed by atoms with Crippen molar-refractivity contribution < 1.29 is 19.5 Å². The number of carbonyl (C=O) groups is 3. The molecule has 1 aliphatic rings. The van der Waals surface area contributed by atoms with Gasteiger partial charge in [-0.25, -0.2) is 0 Å². The average molecular weight is 276 g/mol. The van der Waals surface area contributed by atoms with Crippen molar-refractivity contribution in [3.8, 4) is 0 Å². The Hall–Kier alpha value is -2.37. The first-order valence-electron chi connectivity index (χ1n) is 6.45. The third-order valence-corrected chi connectivity index (χ3v) is 3.26. The maximum Gasteiger partial charge on any atom is 0.305 e. The van der Waals surface area contributed by atoms with Crippen LogP contribution in [-0.2, 0) is 11.3 Å². The molecular weight excluding hydrogens is 260 g/mol. The van der Waals surface area contributed by atoms with Gasteiger partial charge in [-0.3, -0.25) is 14.4 Å². The molecule has 0 bridgehead atoms. The minimum atomic E-state index is -0.965. The van der Waals surface area contributed by atoms with Crippen LogP contribution in [0.4, 0.5) is 0 Å². The van der Waals surface area contributed by atoms with E-state index in [0.717, 1.165) is 5.56 Å². The highest BCUT2D eigenvalue weighted by molar-refractivity contribution is 6.02. The maximum absolute atomic E-state index is 12.0. The number of amides is 2. The summed E-state index contributed by atoms with van der Waals surface area (Å²) in [5.41, 5.74) is 1.84. The van der Waals surface area contributed by atoms with Gasteiger partial charge >= 0.3 is 5.97 Å². The number of rotatable bonds is 5. The van der Waals surface area contributed by atoms with Crippen molar-refractivity contribution in [2.45, 2.75) is 19.9 Å². The van der Waals surface area contributed by atoms with E-state index in [0.29, 0.717) is 24.2 Å². The molecule has 2 rings (SSSR count). The van der Waals surface area contributed by atoms with E-state index in [-0.39, 0.29) is 24.8 Å². The highest BCUT2D eigenvalue weighted by atomic mass is 16.4. The van der Waals surface area contributed by atoms with Crippen molar-refractivity contribution in [3.63, 3.8) is 0 Å². The first-order chi connectivity index (χ1) is 9.52. The average Bonchev–Trinajstić information content (AvgIpc) is 2.74. The minimum Gasteiger partial charge on any atom is -0.481 e. The number of fused-ring (bicyclic) bond motifs is 1. The number of nitrogens with one attached hydrogen (secondary N) is 1. The lowest BCUT2D eigenvalue weighted by Gasteiger charge is -2.10. The first kappa shape index (κ1) is 14.0. The topological polar surface area (TPSA) is 86.7 Å². The number of hydrogen-bond donors (Lipinski definition) is 2. The van der Waals surface area contributed by atoms with Gasteiger partial charge in [0, 0.05) is 30.8 Å². The summed E-state index contributed by atoms with van der Waals surface area (Å²) in [5.74, 6) is -1.40. The fourth-order valence-corrected chi connectivity index (χ4v) is 2.14. The van der Waals surface area contributed by atoms with E-state index in [2.05, 4.69) is 5.32 Å². The van der Waals surface area contributed by atoms with Gasteiger partial charge in [0.25, 0.3) is 11.8 Å². The van der Waals surface area contributed by atoms with Crippen molar-refractivity contribution in [1.29, 1.82) is 0 Å². The lowest BCUT2D eigenvalue weighted by molar-refractivity contribution is -0.136. The van der Waals surface area contributed by atoms with Crippen LogP contribution < -0.4 is 5.32 Å². The van der Waals surface area contributed by atoms with Gasteiger partial charge in [0.05, 0.1) is 6.42 Å². The Balaban J connectivity index is 2.09. The third-order valence-electron chi connectivity index (χ3n) is 3.26. The van der Waals surface area contributed by atoms with Crippen LogP contribution in [0.5, 0.6) is 0 Å². The van der Waals surface area contributed by atoms with Gasteiger partial charge in [-0.15, -0.1) is 0 Å². The van der Waals surface area contributed by atoms with Crippen molar-refractivity contribution >= 4 is 17.8 Å². The number of carboxylic acid groups (broad SMARTS) is 1. The number of benzene rings is 1. The monoisotopic (exact) mass is 276 g/mol. The molecule has 0 aromatic heterocycles. The molecule has 1 aliphatic heterocycles. The Kier molecular flexibility index (Phi) is 4.02. The predicted octanol–water partition coefficient (Wildman–Crippen LogP) is 0.867. The summed E-state index contributed by atoms with van der Waals surface area (Å²) >= 11 is 0. The summed E-state index contributed by atoms with van der Waals surface area (Å²) < 4.78 is 0. The highest BCUT2D eigenvalue weighted by Crippen LogP contribution is 2.23. The number of carboxylic acids is 1. The third kappa shape index (κ3) is 2.79. The van der Waals surface area contributed by atoms with E-state index < -0.39 is 5.97 Å². The van der Waals surface area contributed by atoms with Crippen LogP contribution in [0.3, 0.4) is 0 Å².